The molecule has 1 aliphatic rings. The van der Waals surface area contributed by atoms with Crippen LogP contribution in [0, 0.1) is 0 Å². The first kappa shape index (κ1) is 27.1. The maximum absolute atomic E-state index is 15.2. The van der Waals surface area contributed by atoms with Crippen LogP contribution in [0.5, 0.6) is 0 Å². The van der Waals surface area contributed by atoms with Crippen molar-refractivity contribution in [2.45, 2.75) is 63.4 Å². The molecule has 0 radical (unpaired) electrons. The van der Waals surface area contributed by atoms with Crippen molar-refractivity contribution in [1.29, 1.82) is 0 Å². The van der Waals surface area contributed by atoms with Crippen molar-refractivity contribution in [3.63, 3.8) is 0 Å². The highest BCUT2D eigenvalue weighted by molar-refractivity contribution is 5.83. The fourth-order valence-corrected chi connectivity index (χ4v) is 3.57. The first-order chi connectivity index (χ1) is 17.3. The van der Waals surface area contributed by atoms with E-state index < -0.39 is 48.7 Å². The van der Waals surface area contributed by atoms with Crippen LogP contribution in [0.1, 0.15) is 44.4 Å². The number of aliphatic hydroxyl groups is 1. The zero-order valence-electron chi connectivity index (χ0n) is 19.6. The molecular formula is C23H28F2N4O7. The number of aliphatic hydroxyl groups excluding tert-OH is 1. The Hall–Kier alpha value is -3.45. The number of hydrogen-bond acceptors (Lipinski definition) is 9. The summed E-state index contributed by atoms with van der Waals surface area (Å²) in [5.74, 6) is -4.99. The number of hydrogen-bond donors (Lipinski definition) is 2. The van der Waals surface area contributed by atoms with Gasteiger partial charge in [-0.1, -0.05) is 25.8 Å². The fourth-order valence-electron chi connectivity index (χ4n) is 3.57. The highest BCUT2D eigenvalue weighted by Gasteiger charge is 2.62. The minimum absolute atomic E-state index is 0.184. The monoisotopic (exact) mass is 510 g/mol. The molecule has 0 spiro atoms. The number of esters is 1. The molecule has 11 nitrogen and oxygen atoms in total. The maximum Gasteiger partial charge on any atom is 0.412 e. The summed E-state index contributed by atoms with van der Waals surface area (Å²) in [5, 5.41) is 11.8. The quantitative estimate of drug-likeness (QED) is 0.344. The number of aryl methyl sites for hydroxylation is 1. The first-order valence-electron chi connectivity index (χ1n) is 11.5. The molecule has 196 valence electrons. The summed E-state index contributed by atoms with van der Waals surface area (Å²) < 4.78 is 46.0. The second-order valence-electron chi connectivity index (χ2n) is 8.13. The van der Waals surface area contributed by atoms with Crippen LogP contribution in [0.4, 0.5) is 19.4 Å². The van der Waals surface area contributed by atoms with Crippen LogP contribution in [0.2, 0.25) is 0 Å². The second kappa shape index (κ2) is 12.5. The van der Waals surface area contributed by atoms with Gasteiger partial charge < -0.3 is 19.3 Å². The Kier molecular flexibility index (Phi) is 9.42. The van der Waals surface area contributed by atoms with E-state index in [1.807, 2.05) is 6.92 Å². The number of amides is 1. The third-order valence-corrected chi connectivity index (χ3v) is 5.42. The van der Waals surface area contributed by atoms with Gasteiger partial charge >= 0.3 is 23.7 Å². The predicted molar refractivity (Wildman–Crippen MR) is 121 cm³/mol. The topological polar surface area (TPSA) is 142 Å². The predicted octanol–water partition coefficient (Wildman–Crippen LogP) is 2.45. The molecule has 0 unspecified atom stereocenters. The molecule has 3 rings (SSSR count). The molecule has 1 fully saturated rings. The Labute approximate surface area is 205 Å². The largest absolute Gasteiger partial charge is 0.453 e. The Balaban J connectivity index is 1.65. The molecule has 13 heteroatoms. The minimum atomic E-state index is -3.87. The molecule has 2 aromatic heterocycles. The van der Waals surface area contributed by atoms with Crippen molar-refractivity contribution in [3.8, 4) is 0 Å². The van der Waals surface area contributed by atoms with Gasteiger partial charge in [0, 0.05) is 25.0 Å². The second-order valence-corrected chi connectivity index (χ2v) is 8.13. The lowest BCUT2D eigenvalue weighted by Gasteiger charge is -2.24. The molecule has 36 heavy (non-hydrogen) atoms. The molecule has 0 bridgehead atoms. The maximum atomic E-state index is 15.2. The number of ether oxygens (including phenoxy) is 3. The van der Waals surface area contributed by atoms with E-state index >= 15 is 8.78 Å². The van der Waals surface area contributed by atoms with Crippen LogP contribution in [0.3, 0.4) is 0 Å². The molecule has 3 atom stereocenters. The van der Waals surface area contributed by atoms with Crippen LogP contribution < -0.4 is 11.0 Å². The molecule has 2 aromatic rings. The van der Waals surface area contributed by atoms with Gasteiger partial charge in [0.05, 0.1) is 13.2 Å². The number of unbranched alkanes of at least 4 members (excludes halogenated alkanes) is 2. The van der Waals surface area contributed by atoms with Gasteiger partial charge in [0.15, 0.2) is 6.10 Å². The van der Waals surface area contributed by atoms with Crippen LogP contribution in [-0.2, 0) is 25.4 Å². The number of carbonyl (C=O) groups excluding carboxylic acids is 2. The fraction of sp³-hybridized carbons (Fsp3) is 0.522. The number of pyridine rings is 1. The lowest BCUT2D eigenvalue weighted by molar-refractivity contribution is -0.176. The van der Waals surface area contributed by atoms with E-state index in [4.69, 9.17) is 14.2 Å². The number of halogens is 2. The van der Waals surface area contributed by atoms with Crippen LogP contribution in [0.25, 0.3) is 0 Å². The van der Waals surface area contributed by atoms with Crippen LogP contribution >= 0.6 is 0 Å². The zero-order valence-corrected chi connectivity index (χ0v) is 19.6. The summed E-state index contributed by atoms with van der Waals surface area (Å²) in [7, 11) is 0. The lowest BCUT2D eigenvalue weighted by atomic mass is 10.1. The molecule has 1 aliphatic heterocycles. The number of carbonyl (C=O) groups is 2. The zero-order chi connectivity index (χ0) is 26.1. The third-order valence-electron chi connectivity index (χ3n) is 5.42. The molecule has 0 aliphatic carbocycles. The number of nitrogens with one attached hydrogen (secondary N) is 1. The van der Waals surface area contributed by atoms with Crippen molar-refractivity contribution in [2.24, 2.45) is 0 Å². The van der Waals surface area contributed by atoms with Crippen molar-refractivity contribution < 1.29 is 37.7 Å². The van der Waals surface area contributed by atoms with Gasteiger partial charge in [0.1, 0.15) is 11.9 Å². The Bertz CT molecular complexity index is 1080. The summed E-state index contributed by atoms with van der Waals surface area (Å²) in [6, 6.07) is 4.52. The smallest absolute Gasteiger partial charge is 0.412 e. The molecular weight excluding hydrogens is 482 g/mol. The Morgan fingerprint density at radius 3 is 2.78 bits per heavy atom. The average Bonchev–Trinajstić information content (AvgIpc) is 3.10. The standard InChI is InChI=1S/C23H28F2N4O7/c1-2-3-4-12-34-22(33)28-17-9-11-29(21(32)27-17)20-23(24,25)19(16(14-30)35-20)36-18(31)8-7-15-6-5-10-26-13-15/h5-6,9-11,13,16,19-20,30H,2-4,7-8,12,14H2,1H3,(H,27,28,32,33)/t16-,19-,20-/m1/s1. The molecule has 1 amide bonds. The summed E-state index contributed by atoms with van der Waals surface area (Å²) >= 11 is 0. The van der Waals surface area contributed by atoms with Crippen molar-refractivity contribution >= 4 is 17.9 Å². The van der Waals surface area contributed by atoms with E-state index in [2.05, 4.69) is 15.3 Å². The van der Waals surface area contributed by atoms with Crippen molar-refractivity contribution in [2.75, 3.05) is 18.5 Å². The normalized spacial score (nSPS) is 20.6. The highest BCUT2D eigenvalue weighted by Crippen LogP contribution is 2.44. The van der Waals surface area contributed by atoms with Crippen molar-refractivity contribution in [3.05, 3.63) is 52.8 Å². The van der Waals surface area contributed by atoms with Gasteiger partial charge in [-0.25, -0.2) is 9.59 Å². The summed E-state index contributed by atoms with van der Waals surface area (Å²) in [5.41, 5.74) is -0.430. The Morgan fingerprint density at radius 1 is 1.31 bits per heavy atom. The third kappa shape index (κ3) is 6.82. The lowest BCUT2D eigenvalue weighted by Crippen LogP contribution is -2.44. The first-order valence-corrected chi connectivity index (χ1v) is 11.5. The van der Waals surface area contributed by atoms with Crippen LogP contribution in [-0.4, -0.2) is 63.0 Å². The number of nitrogens with zero attached hydrogens (tertiary/aromatic N) is 3. The molecule has 0 saturated carbocycles. The number of aromatic nitrogens is 3. The van der Waals surface area contributed by atoms with Gasteiger partial charge in [-0.2, -0.15) is 13.8 Å². The summed E-state index contributed by atoms with van der Waals surface area (Å²) in [4.78, 5) is 44.0. The highest BCUT2D eigenvalue weighted by atomic mass is 19.3. The van der Waals surface area contributed by atoms with Crippen molar-refractivity contribution in [1.82, 2.24) is 14.5 Å². The molecule has 0 aromatic carbocycles. The van der Waals surface area contributed by atoms with Crippen LogP contribution in [0.15, 0.2) is 41.6 Å². The van der Waals surface area contributed by atoms with Gasteiger partial charge in [0.25, 0.3) is 0 Å². The number of rotatable bonds is 11. The van der Waals surface area contributed by atoms with E-state index in [-0.39, 0.29) is 25.3 Å². The van der Waals surface area contributed by atoms with E-state index in [0.29, 0.717) is 11.0 Å². The average molecular weight is 510 g/mol. The Morgan fingerprint density at radius 2 is 2.11 bits per heavy atom. The molecule has 1 saturated heterocycles. The van der Waals surface area contributed by atoms with Gasteiger partial charge in [0.2, 0.25) is 6.23 Å². The number of anilines is 1. The number of alkyl halides is 2. The molecule has 3 heterocycles. The minimum Gasteiger partial charge on any atom is -0.453 e. The summed E-state index contributed by atoms with van der Waals surface area (Å²) in [6.07, 6.45) is -0.148. The van der Waals surface area contributed by atoms with E-state index in [1.54, 1.807) is 18.3 Å². The van der Waals surface area contributed by atoms with E-state index in [1.165, 1.54) is 6.20 Å². The van der Waals surface area contributed by atoms with E-state index in [9.17, 15) is 19.5 Å². The molecule has 2 N–H and O–H groups in total. The van der Waals surface area contributed by atoms with E-state index in [0.717, 1.165) is 30.7 Å². The SMILES string of the molecule is CCCCCOC(=O)Nc1ccn([C@@H]2O[C@H](CO)[C@@H](OC(=O)CCc3cccnc3)C2(F)F)c(=O)n1. The van der Waals surface area contributed by atoms with Gasteiger partial charge in [-0.3, -0.25) is 19.7 Å². The van der Waals surface area contributed by atoms with Gasteiger partial charge in [-0.15, -0.1) is 0 Å². The van der Waals surface area contributed by atoms with Gasteiger partial charge in [-0.05, 0) is 30.5 Å². The summed E-state index contributed by atoms with van der Waals surface area (Å²) in [6.45, 7) is 1.30.